The van der Waals surface area contributed by atoms with Crippen molar-refractivity contribution in [1.29, 1.82) is 0 Å². The lowest BCUT2D eigenvalue weighted by Gasteiger charge is -2.08. The number of hydrogen-bond acceptors (Lipinski definition) is 4. The first-order valence-electron chi connectivity index (χ1n) is 7.75. The molecule has 0 radical (unpaired) electrons. The van der Waals surface area contributed by atoms with Gasteiger partial charge >= 0.3 is 0 Å². The number of hydrogen-bond donors (Lipinski definition) is 4. The molecule has 0 fully saturated rings. The third kappa shape index (κ3) is 5.05. The number of phenolic OH excluding ortho intramolecular Hbond substituents is 2. The Morgan fingerprint density at radius 3 is 2.71 bits per heavy atom. The summed E-state index contributed by atoms with van der Waals surface area (Å²) < 4.78 is 0. The molecule has 5 nitrogen and oxygen atoms in total. The van der Waals surface area contributed by atoms with Crippen molar-refractivity contribution < 1.29 is 15.0 Å². The summed E-state index contributed by atoms with van der Waals surface area (Å²) in [6.07, 6.45) is 2.73. The predicted octanol–water partition coefficient (Wildman–Crippen LogP) is 2.83. The maximum atomic E-state index is 11.9. The molecule has 24 heavy (non-hydrogen) atoms. The average Bonchev–Trinajstić information content (AvgIpc) is 2.53. The van der Waals surface area contributed by atoms with Crippen LogP contribution in [0.3, 0.4) is 0 Å². The van der Waals surface area contributed by atoms with E-state index in [9.17, 15) is 15.0 Å². The molecule has 5 N–H and O–H groups in total. The van der Waals surface area contributed by atoms with Crippen LogP contribution in [0.25, 0.3) is 6.08 Å². The number of carbonyl (C=O) groups is 1. The van der Waals surface area contributed by atoms with Crippen LogP contribution in [0.15, 0.2) is 48.0 Å². The van der Waals surface area contributed by atoms with Crippen molar-refractivity contribution in [3.8, 4) is 11.5 Å². The van der Waals surface area contributed by atoms with E-state index in [0.717, 1.165) is 16.8 Å². The van der Waals surface area contributed by atoms with Crippen molar-refractivity contribution in [1.82, 2.24) is 5.32 Å². The number of phenols is 2. The maximum absolute atomic E-state index is 11.9. The number of rotatable bonds is 6. The Morgan fingerprint density at radius 2 is 1.96 bits per heavy atom. The predicted molar refractivity (Wildman–Crippen MR) is 95.6 cm³/mol. The number of carbonyl (C=O) groups excluding carboxylic acids is 1. The minimum absolute atomic E-state index is 0.00132. The van der Waals surface area contributed by atoms with Gasteiger partial charge in [-0.3, -0.25) is 4.79 Å². The van der Waals surface area contributed by atoms with E-state index in [1.54, 1.807) is 0 Å². The largest absolute Gasteiger partial charge is 0.508 e. The van der Waals surface area contributed by atoms with Crippen molar-refractivity contribution in [3.05, 3.63) is 59.2 Å². The molecule has 0 saturated carbocycles. The van der Waals surface area contributed by atoms with E-state index in [1.165, 1.54) is 18.2 Å². The average molecular weight is 326 g/mol. The molecule has 1 amide bonds. The molecule has 0 bridgehead atoms. The summed E-state index contributed by atoms with van der Waals surface area (Å²) >= 11 is 0. The monoisotopic (exact) mass is 326 g/mol. The van der Waals surface area contributed by atoms with Crippen molar-refractivity contribution in [2.75, 3.05) is 12.3 Å². The Morgan fingerprint density at radius 1 is 1.21 bits per heavy atom. The van der Waals surface area contributed by atoms with Gasteiger partial charge < -0.3 is 21.3 Å². The van der Waals surface area contributed by atoms with Crippen molar-refractivity contribution in [2.24, 2.45) is 0 Å². The van der Waals surface area contributed by atoms with Crippen LogP contribution >= 0.6 is 0 Å². The van der Waals surface area contributed by atoms with Gasteiger partial charge in [0.05, 0.1) is 6.42 Å². The molecule has 2 rings (SSSR count). The van der Waals surface area contributed by atoms with Crippen molar-refractivity contribution in [2.45, 2.75) is 19.8 Å². The Balaban J connectivity index is 1.84. The van der Waals surface area contributed by atoms with Gasteiger partial charge in [-0.2, -0.15) is 0 Å². The summed E-state index contributed by atoms with van der Waals surface area (Å²) in [6, 6.07) is 11.7. The first-order valence-corrected chi connectivity index (χ1v) is 7.75. The molecule has 126 valence electrons. The highest BCUT2D eigenvalue weighted by Crippen LogP contribution is 2.22. The first-order chi connectivity index (χ1) is 11.5. The van der Waals surface area contributed by atoms with Gasteiger partial charge in [-0.15, -0.1) is 0 Å². The highest BCUT2D eigenvalue weighted by atomic mass is 16.3. The van der Waals surface area contributed by atoms with Gasteiger partial charge in [0, 0.05) is 17.8 Å². The Labute approximate surface area is 141 Å². The summed E-state index contributed by atoms with van der Waals surface area (Å²) in [6.45, 7) is 2.48. The zero-order valence-corrected chi connectivity index (χ0v) is 13.6. The lowest BCUT2D eigenvalue weighted by molar-refractivity contribution is -0.120. The molecule has 0 saturated heterocycles. The van der Waals surface area contributed by atoms with Crippen LogP contribution < -0.4 is 11.1 Å². The molecule has 0 aliphatic heterocycles. The van der Waals surface area contributed by atoms with E-state index < -0.39 is 0 Å². The smallest absolute Gasteiger partial charge is 0.224 e. The number of aromatic hydroxyl groups is 2. The lowest BCUT2D eigenvalue weighted by atomic mass is 10.1. The van der Waals surface area contributed by atoms with Gasteiger partial charge in [0.25, 0.3) is 0 Å². The highest BCUT2D eigenvalue weighted by Gasteiger charge is 2.08. The summed E-state index contributed by atoms with van der Waals surface area (Å²) in [5.41, 5.74) is 9.09. The van der Waals surface area contributed by atoms with Crippen LogP contribution in [0.2, 0.25) is 0 Å². The minimum Gasteiger partial charge on any atom is -0.508 e. The summed E-state index contributed by atoms with van der Waals surface area (Å²) in [5.74, 6) is -0.184. The van der Waals surface area contributed by atoms with Gasteiger partial charge in [0.1, 0.15) is 11.5 Å². The van der Waals surface area contributed by atoms with Gasteiger partial charge in [-0.1, -0.05) is 29.8 Å². The van der Waals surface area contributed by atoms with Gasteiger partial charge in [-0.25, -0.2) is 0 Å². The third-order valence-electron chi connectivity index (χ3n) is 3.65. The van der Waals surface area contributed by atoms with Crippen molar-refractivity contribution >= 4 is 17.7 Å². The number of para-hydroxylation sites is 1. The molecule has 0 aliphatic rings. The van der Waals surface area contributed by atoms with Gasteiger partial charge in [-0.05, 0) is 43.2 Å². The second kappa shape index (κ2) is 8.06. The summed E-state index contributed by atoms with van der Waals surface area (Å²) in [4.78, 5) is 11.9. The quantitative estimate of drug-likeness (QED) is 0.485. The van der Waals surface area contributed by atoms with Crippen LogP contribution in [-0.4, -0.2) is 22.7 Å². The van der Waals surface area contributed by atoms with Crippen LogP contribution in [-0.2, 0) is 11.2 Å². The second-order valence-electron chi connectivity index (χ2n) is 5.71. The molecular formula is C19H22N2O3. The highest BCUT2D eigenvalue weighted by molar-refractivity contribution is 5.79. The number of nitrogens with two attached hydrogens (primary N) is 1. The fraction of sp³-hybridized carbons (Fsp3) is 0.211. The number of amides is 1. The van der Waals surface area contributed by atoms with E-state index in [0.29, 0.717) is 18.5 Å². The number of nitrogens with one attached hydrogen (secondary N) is 1. The number of nitrogen functional groups attached to an aromatic ring is 1. The summed E-state index contributed by atoms with van der Waals surface area (Å²) in [5, 5.41) is 21.9. The molecule has 0 spiro atoms. The Bertz CT molecular complexity index is 754. The van der Waals surface area contributed by atoms with E-state index in [2.05, 4.69) is 5.32 Å². The molecule has 5 heteroatoms. The molecular weight excluding hydrogens is 304 g/mol. The third-order valence-corrected chi connectivity index (χ3v) is 3.65. The zero-order chi connectivity index (χ0) is 17.5. The van der Waals surface area contributed by atoms with Crippen LogP contribution in [0.5, 0.6) is 11.5 Å². The van der Waals surface area contributed by atoms with E-state index in [1.807, 2.05) is 37.3 Å². The fourth-order valence-electron chi connectivity index (χ4n) is 2.33. The molecule has 0 heterocycles. The van der Waals surface area contributed by atoms with Crippen LogP contribution in [0, 0.1) is 0 Å². The normalized spacial score (nSPS) is 11.3. The number of benzene rings is 2. The van der Waals surface area contributed by atoms with Gasteiger partial charge in [0.2, 0.25) is 5.91 Å². The molecule has 0 unspecified atom stereocenters. The second-order valence-corrected chi connectivity index (χ2v) is 5.71. The van der Waals surface area contributed by atoms with Gasteiger partial charge in [0.15, 0.2) is 0 Å². The Hall–Kier alpha value is -2.95. The molecule has 0 aromatic heterocycles. The van der Waals surface area contributed by atoms with E-state index in [4.69, 9.17) is 5.73 Å². The van der Waals surface area contributed by atoms with Crippen LogP contribution in [0.1, 0.15) is 24.5 Å². The molecule has 2 aromatic rings. The first kappa shape index (κ1) is 17.4. The lowest BCUT2D eigenvalue weighted by Crippen LogP contribution is -2.26. The molecule has 0 atom stereocenters. The summed E-state index contributed by atoms with van der Waals surface area (Å²) in [7, 11) is 0. The van der Waals surface area contributed by atoms with Crippen molar-refractivity contribution in [3.63, 3.8) is 0 Å². The maximum Gasteiger partial charge on any atom is 0.224 e. The number of anilines is 1. The van der Waals surface area contributed by atoms with Crippen LogP contribution in [0.4, 0.5) is 5.69 Å². The molecule has 0 aliphatic carbocycles. The standard InChI is InChI=1S/C19H22N2O3/c1-13(10-14-4-2-3-5-17(14)20)8-9-21-19(24)12-15-11-16(22)6-7-18(15)23/h2-7,10-11,22-23H,8-9,12,20H2,1H3,(H,21,24). The minimum atomic E-state index is -0.206. The van der Waals surface area contributed by atoms with E-state index >= 15 is 0 Å². The Kier molecular flexibility index (Phi) is 5.84. The topological polar surface area (TPSA) is 95.6 Å². The molecule has 2 aromatic carbocycles. The SMILES string of the molecule is CC(=Cc1ccccc1N)CCNC(=O)Cc1cc(O)ccc1O. The van der Waals surface area contributed by atoms with E-state index in [-0.39, 0.29) is 23.8 Å². The fourth-order valence-corrected chi connectivity index (χ4v) is 2.33. The zero-order valence-electron chi connectivity index (χ0n) is 13.6.